The van der Waals surface area contributed by atoms with Crippen molar-refractivity contribution in [1.29, 1.82) is 0 Å². The maximum atomic E-state index is 10.3. The number of alkyl halides is 1. The summed E-state index contributed by atoms with van der Waals surface area (Å²) in [6, 6.07) is 0. The first-order chi connectivity index (χ1) is 6.21. The van der Waals surface area contributed by atoms with Gasteiger partial charge in [0.15, 0.2) is 0 Å². The molecule has 0 aliphatic heterocycles. The molecular weight excluding hydrogens is 220 g/mol. The lowest BCUT2D eigenvalue weighted by molar-refractivity contribution is -0.339. The molecule has 0 saturated carbocycles. The Morgan fingerprint density at radius 3 is 1.93 bits per heavy atom. The smallest absolute Gasteiger partial charge is 0.131 e. The normalized spacial score (nSPS) is 16.7. The van der Waals surface area contributed by atoms with E-state index < -0.39 is 35.3 Å². The van der Waals surface area contributed by atoms with Crippen LogP contribution >= 0.6 is 11.6 Å². The Morgan fingerprint density at radius 1 is 1.29 bits per heavy atom. The first-order valence-electron chi connectivity index (χ1n) is 3.20. The van der Waals surface area contributed by atoms with Crippen molar-refractivity contribution in [3.63, 3.8) is 0 Å². The molecule has 2 atom stereocenters. The summed E-state index contributed by atoms with van der Waals surface area (Å²) in [5, 5.41) is 37.0. The van der Waals surface area contributed by atoms with Crippen LogP contribution in [-0.4, -0.2) is 34.0 Å². The SMILES string of the molecule is O=C([O-])CC(O)(C(=O)[O-])C(Cl)C(=O)[O-]. The van der Waals surface area contributed by atoms with Gasteiger partial charge >= 0.3 is 0 Å². The molecule has 0 aliphatic carbocycles. The Morgan fingerprint density at radius 2 is 1.71 bits per heavy atom. The minimum Gasteiger partial charge on any atom is -0.550 e. The minimum atomic E-state index is -3.25. The average molecular weight is 224 g/mol. The van der Waals surface area contributed by atoms with E-state index in [9.17, 15) is 29.7 Å². The van der Waals surface area contributed by atoms with Crippen LogP contribution < -0.4 is 15.3 Å². The van der Waals surface area contributed by atoms with E-state index in [0.717, 1.165) is 0 Å². The largest absolute Gasteiger partial charge is 0.550 e. The van der Waals surface area contributed by atoms with Gasteiger partial charge < -0.3 is 34.8 Å². The van der Waals surface area contributed by atoms with Crippen molar-refractivity contribution in [2.45, 2.75) is 17.4 Å². The topological polar surface area (TPSA) is 141 Å². The Labute approximate surface area is 82.5 Å². The summed E-state index contributed by atoms with van der Waals surface area (Å²) >= 11 is 4.94. The fourth-order valence-electron chi connectivity index (χ4n) is 0.680. The van der Waals surface area contributed by atoms with Gasteiger partial charge in [0.2, 0.25) is 0 Å². The zero-order chi connectivity index (χ0) is 11.5. The highest BCUT2D eigenvalue weighted by atomic mass is 35.5. The third-order valence-electron chi connectivity index (χ3n) is 1.39. The average Bonchev–Trinajstić information content (AvgIpc) is 2.00. The fourth-order valence-corrected chi connectivity index (χ4v) is 0.846. The number of hydrogen-bond acceptors (Lipinski definition) is 7. The highest BCUT2D eigenvalue weighted by Crippen LogP contribution is 2.19. The van der Waals surface area contributed by atoms with Gasteiger partial charge in [-0.25, -0.2) is 0 Å². The van der Waals surface area contributed by atoms with Crippen LogP contribution in [0.15, 0.2) is 0 Å². The Bertz CT molecular complexity index is 275. The fraction of sp³-hybridized carbons (Fsp3) is 0.500. The molecule has 0 amide bonds. The molecule has 0 bridgehead atoms. The molecule has 0 aliphatic rings. The third-order valence-corrected chi connectivity index (χ3v) is 1.93. The molecule has 2 unspecified atom stereocenters. The second kappa shape index (κ2) is 4.25. The van der Waals surface area contributed by atoms with Crippen molar-refractivity contribution >= 4 is 29.5 Å². The third kappa shape index (κ3) is 2.57. The molecule has 0 radical (unpaired) electrons. The first kappa shape index (κ1) is 12.7. The standard InChI is InChI=1S/C6H7ClO7/c7-3(4(10)11)6(14,5(12)13)1-2(8)9/h3,14H,1H2,(H,8,9)(H,10,11)(H,12,13)/p-3. The first-order valence-corrected chi connectivity index (χ1v) is 3.64. The van der Waals surface area contributed by atoms with Gasteiger partial charge in [0, 0.05) is 12.4 Å². The van der Waals surface area contributed by atoms with E-state index in [4.69, 9.17) is 16.7 Å². The van der Waals surface area contributed by atoms with Gasteiger partial charge in [-0.3, -0.25) is 0 Å². The van der Waals surface area contributed by atoms with Gasteiger partial charge in [-0.1, -0.05) is 0 Å². The molecule has 1 N–H and O–H groups in total. The molecule has 0 aromatic carbocycles. The number of rotatable bonds is 5. The number of aliphatic hydroxyl groups is 1. The number of hydrogen-bond donors (Lipinski definition) is 1. The maximum Gasteiger partial charge on any atom is 0.131 e. The Hall–Kier alpha value is -1.34. The van der Waals surface area contributed by atoms with E-state index in [1.54, 1.807) is 0 Å². The molecule has 0 aromatic rings. The summed E-state index contributed by atoms with van der Waals surface area (Å²) in [6.45, 7) is 0. The van der Waals surface area contributed by atoms with Gasteiger partial charge in [0.1, 0.15) is 11.0 Å². The Balaban J connectivity index is 4.99. The van der Waals surface area contributed by atoms with Crippen molar-refractivity contribution in [1.82, 2.24) is 0 Å². The Kier molecular flexibility index (Phi) is 3.84. The summed E-state index contributed by atoms with van der Waals surface area (Å²) in [4.78, 5) is 30.4. The predicted octanol–water partition coefficient (Wildman–Crippen LogP) is -5.04. The van der Waals surface area contributed by atoms with E-state index >= 15 is 0 Å². The monoisotopic (exact) mass is 223 g/mol. The molecule has 14 heavy (non-hydrogen) atoms. The summed E-state index contributed by atoms with van der Waals surface area (Å²) in [7, 11) is 0. The molecule has 0 fully saturated rings. The summed E-state index contributed by atoms with van der Waals surface area (Å²) in [6.07, 6.45) is -1.50. The lowest BCUT2D eigenvalue weighted by Gasteiger charge is -2.34. The van der Waals surface area contributed by atoms with Crippen molar-refractivity contribution in [3.8, 4) is 0 Å². The number of aliphatic carboxylic acids is 3. The molecule has 0 rings (SSSR count). The van der Waals surface area contributed by atoms with Crippen LogP contribution in [0.2, 0.25) is 0 Å². The van der Waals surface area contributed by atoms with Gasteiger partial charge in [-0.15, -0.1) is 11.6 Å². The molecule has 0 aromatic heterocycles. The van der Waals surface area contributed by atoms with Crippen LogP contribution in [0.4, 0.5) is 0 Å². The molecule has 0 saturated heterocycles. The van der Waals surface area contributed by atoms with Crippen LogP contribution in [-0.2, 0) is 14.4 Å². The molecular formula is C6H4ClO7-3. The minimum absolute atomic E-state index is 1.50. The van der Waals surface area contributed by atoms with Crippen LogP contribution in [0, 0.1) is 0 Å². The zero-order valence-electron chi connectivity index (χ0n) is 6.56. The van der Waals surface area contributed by atoms with Crippen molar-refractivity contribution < 1.29 is 34.8 Å². The van der Waals surface area contributed by atoms with Gasteiger partial charge in [0.05, 0.1) is 11.9 Å². The molecule has 80 valence electrons. The second-order valence-corrected chi connectivity index (χ2v) is 2.88. The number of carbonyl (C=O) groups excluding carboxylic acids is 3. The van der Waals surface area contributed by atoms with Gasteiger partial charge in [-0.05, 0) is 0 Å². The lowest BCUT2D eigenvalue weighted by Crippen LogP contribution is -2.61. The van der Waals surface area contributed by atoms with Crippen molar-refractivity contribution in [2.24, 2.45) is 0 Å². The number of carboxylic acids is 3. The highest BCUT2D eigenvalue weighted by Gasteiger charge is 2.38. The van der Waals surface area contributed by atoms with E-state index in [1.165, 1.54) is 0 Å². The lowest BCUT2D eigenvalue weighted by atomic mass is 9.95. The summed E-state index contributed by atoms with van der Waals surface area (Å²) in [5.74, 6) is -6.44. The van der Waals surface area contributed by atoms with E-state index in [0.29, 0.717) is 0 Å². The van der Waals surface area contributed by atoms with Crippen LogP contribution in [0.5, 0.6) is 0 Å². The second-order valence-electron chi connectivity index (χ2n) is 2.44. The van der Waals surface area contributed by atoms with Crippen LogP contribution in [0.25, 0.3) is 0 Å². The van der Waals surface area contributed by atoms with E-state index in [2.05, 4.69) is 0 Å². The number of halogens is 1. The molecule has 8 heteroatoms. The van der Waals surface area contributed by atoms with Crippen molar-refractivity contribution in [2.75, 3.05) is 0 Å². The van der Waals surface area contributed by atoms with Crippen molar-refractivity contribution in [3.05, 3.63) is 0 Å². The maximum absolute atomic E-state index is 10.3. The molecule has 0 heterocycles. The number of carboxylic acid groups (broad SMARTS) is 3. The summed E-state index contributed by atoms with van der Waals surface area (Å²) in [5.41, 5.74) is -3.25. The van der Waals surface area contributed by atoms with Crippen LogP contribution in [0.3, 0.4) is 0 Å². The van der Waals surface area contributed by atoms with E-state index in [1.807, 2.05) is 0 Å². The highest BCUT2D eigenvalue weighted by molar-refractivity contribution is 6.32. The van der Waals surface area contributed by atoms with Crippen LogP contribution in [0.1, 0.15) is 6.42 Å². The number of carbonyl (C=O) groups is 3. The predicted molar refractivity (Wildman–Crippen MR) is 34.2 cm³/mol. The van der Waals surface area contributed by atoms with E-state index in [-0.39, 0.29) is 0 Å². The van der Waals surface area contributed by atoms with Gasteiger partial charge in [-0.2, -0.15) is 0 Å². The summed E-state index contributed by atoms with van der Waals surface area (Å²) < 4.78 is 0. The van der Waals surface area contributed by atoms with Gasteiger partial charge in [0.25, 0.3) is 0 Å². The quantitative estimate of drug-likeness (QED) is 0.460. The zero-order valence-corrected chi connectivity index (χ0v) is 7.32. The molecule has 0 spiro atoms. The molecule has 7 nitrogen and oxygen atoms in total.